The molecule has 2 aliphatic rings. The van der Waals surface area contributed by atoms with Gasteiger partial charge >= 0.3 is 5.97 Å². The Labute approximate surface area is 162 Å². The molecule has 2 aromatic rings. The smallest absolute Gasteiger partial charge is 0.303 e. The van der Waals surface area contributed by atoms with Gasteiger partial charge in [-0.05, 0) is 30.5 Å². The van der Waals surface area contributed by atoms with Gasteiger partial charge in [0.1, 0.15) is 0 Å². The molecule has 0 bridgehead atoms. The number of carboxylic acids is 1. The van der Waals surface area contributed by atoms with Crippen molar-refractivity contribution in [3.05, 3.63) is 45.5 Å². The number of rotatable bonds is 7. The first kappa shape index (κ1) is 18.0. The maximum absolute atomic E-state index is 11.2. The molecule has 0 spiro atoms. The second-order valence-electron chi connectivity index (χ2n) is 7.63. The third-order valence-electron chi connectivity index (χ3n) is 5.73. The zero-order valence-corrected chi connectivity index (χ0v) is 16.1. The highest BCUT2D eigenvalue weighted by molar-refractivity contribution is 7.16. The first-order valence-corrected chi connectivity index (χ1v) is 10.1. The third-order valence-corrected chi connectivity index (χ3v) is 6.95. The molecular weight excluding hydrogens is 372 g/mol. The van der Waals surface area contributed by atoms with Gasteiger partial charge in [-0.2, -0.15) is 0 Å². The number of aliphatic carboxylic acids is 1. The Morgan fingerprint density at radius 1 is 1.27 bits per heavy atom. The summed E-state index contributed by atoms with van der Waals surface area (Å²) < 4.78 is 6.01. The van der Waals surface area contributed by atoms with Gasteiger partial charge in [0.25, 0.3) is 0 Å². The summed E-state index contributed by atoms with van der Waals surface area (Å²) in [5.41, 5.74) is 1.26. The molecule has 2 aliphatic heterocycles. The van der Waals surface area contributed by atoms with Crippen molar-refractivity contribution in [3.8, 4) is 0 Å². The van der Waals surface area contributed by atoms with Crippen molar-refractivity contribution in [2.24, 2.45) is 11.3 Å². The van der Waals surface area contributed by atoms with Gasteiger partial charge in [-0.1, -0.05) is 11.6 Å². The van der Waals surface area contributed by atoms with Crippen LogP contribution in [0.4, 0.5) is 0 Å². The number of nitrogens with zero attached hydrogens (tertiary/aromatic N) is 2. The highest BCUT2D eigenvalue weighted by Crippen LogP contribution is 2.46. The van der Waals surface area contributed by atoms with E-state index in [1.165, 1.54) is 10.4 Å². The Morgan fingerprint density at radius 3 is 2.65 bits per heavy atom. The van der Waals surface area contributed by atoms with E-state index in [2.05, 4.69) is 15.9 Å². The number of hydrogen-bond donors (Lipinski definition) is 1. The second-order valence-corrected chi connectivity index (χ2v) is 9.43. The molecule has 0 aliphatic carbocycles. The van der Waals surface area contributed by atoms with Crippen LogP contribution >= 0.6 is 22.9 Å². The average Bonchev–Trinajstić information content (AvgIpc) is 3.32. The Kier molecular flexibility index (Phi) is 5.10. The molecule has 5 nitrogen and oxygen atoms in total. The van der Waals surface area contributed by atoms with Gasteiger partial charge in [-0.15, -0.1) is 11.3 Å². The van der Waals surface area contributed by atoms with E-state index in [1.54, 1.807) is 23.9 Å². The van der Waals surface area contributed by atoms with Gasteiger partial charge in [0.15, 0.2) is 0 Å². The van der Waals surface area contributed by atoms with Crippen molar-refractivity contribution in [1.82, 2.24) is 9.80 Å². The molecule has 140 valence electrons. The van der Waals surface area contributed by atoms with Crippen molar-refractivity contribution in [1.29, 1.82) is 0 Å². The summed E-state index contributed by atoms with van der Waals surface area (Å²) in [4.78, 5) is 17.4. The molecule has 2 atom stereocenters. The normalized spacial score (nSPS) is 26.4. The molecule has 1 N–H and O–H groups in total. The molecule has 2 aromatic heterocycles. The molecule has 2 fully saturated rings. The summed E-state index contributed by atoms with van der Waals surface area (Å²) in [7, 11) is 0. The number of furan rings is 1. The van der Waals surface area contributed by atoms with Crippen molar-refractivity contribution < 1.29 is 14.3 Å². The lowest BCUT2D eigenvalue weighted by molar-refractivity contribution is -0.137. The maximum Gasteiger partial charge on any atom is 0.303 e. The zero-order valence-electron chi connectivity index (χ0n) is 14.6. The first-order valence-electron chi connectivity index (χ1n) is 8.94. The van der Waals surface area contributed by atoms with Crippen LogP contribution in [-0.2, 0) is 17.9 Å². The zero-order chi connectivity index (χ0) is 18.1. The Balaban J connectivity index is 1.45. The molecule has 26 heavy (non-hydrogen) atoms. The molecule has 0 radical (unpaired) electrons. The minimum absolute atomic E-state index is 0.0726. The molecule has 2 unspecified atom stereocenters. The summed E-state index contributed by atoms with van der Waals surface area (Å²) in [6.07, 6.45) is 4.50. The van der Waals surface area contributed by atoms with Crippen LogP contribution < -0.4 is 0 Å². The van der Waals surface area contributed by atoms with E-state index in [-0.39, 0.29) is 11.8 Å². The van der Waals surface area contributed by atoms with Crippen LogP contribution in [-0.4, -0.2) is 47.1 Å². The quantitative estimate of drug-likeness (QED) is 0.774. The summed E-state index contributed by atoms with van der Waals surface area (Å²) in [5, 5.41) is 9.22. The lowest BCUT2D eigenvalue weighted by Gasteiger charge is -2.29. The van der Waals surface area contributed by atoms with Crippen LogP contribution in [0.1, 0.15) is 23.3 Å². The van der Waals surface area contributed by atoms with Crippen molar-refractivity contribution >= 4 is 28.9 Å². The molecule has 7 heteroatoms. The Morgan fingerprint density at radius 2 is 2.04 bits per heavy atom. The fourth-order valence-corrected chi connectivity index (χ4v) is 5.78. The van der Waals surface area contributed by atoms with Crippen molar-refractivity contribution in [3.63, 3.8) is 0 Å². The third kappa shape index (κ3) is 3.83. The van der Waals surface area contributed by atoms with Gasteiger partial charge in [0, 0.05) is 61.5 Å². The van der Waals surface area contributed by atoms with Crippen LogP contribution in [0.3, 0.4) is 0 Å². The summed E-state index contributed by atoms with van der Waals surface area (Å²) >= 11 is 7.69. The van der Waals surface area contributed by atoms with Crippen LogP contribution in [0.15, 0.2) is 35.1 Å². The van der Waals surface area contributed by atoms with Gasteiger partial charge in [0.05, 0.1) is 16.9 Å². The molecular formula is C19H23ClN2O3S. The summed E-state index contributed by atoms with van der Waals surface area (Å²) in [6, 6.07) is 6.05. The van der Waals surface area contributed by atoms with E-state index < -0.39 is 5.97 Å². The highest BCUT2D eigenvalue weighted by Gasteiger charge is 2.51. The molecule has 0 aromatic carbocycles. The molecule has 4 rings (SSSR count). The predicted octanol–water partition coefficient (Wildman–Crippen LogP) is 3.79. The van der Waals surface area contributed by atoms with E-state index in [9.17, 15) is 9.90 Å². The standard InChI is InChI=1S/C19H23ClN2O3S/c20-17-2-1-16(26-17)10-22-9-15-8-21(7-14-4-6-25-11-14)12-19(15,13-22)5-3-18(23)24/h1-2,4,6,11,15H,3,5,7-10,12-13H2,(H,23,24). The van der Waals surface area contributed by atoms with E-state index in [0.717, 1.165) is 50.0 Å². The number of hydrogen-bond acceptors (Lipinski definition) is 5. The lowest BCUT2D eigenvalue weighted by Crippen LogP contribution is -2.34. The van der Waals surface area contributed by atoms with Gasteiger partial charge in [0.2, 0.25) is 0 Å². The number of fused-ring (bicyclic) bond motifs is 1. The Bertz CT molecular complexity index is 763. The van der Waals surface area contributed by atoms with Crippen molar-refractivity contribution in [2.75, 3.05) is 26.2 Å². The number of carboxylic acid groups (broad SMARTS) is 1. The van der Waals surface area contributed by atoms with E-state index >= 15 is 0 Å². The number of carbonyl (C=O) groups is 1. The second kappa shape index (κ2) is 7.35. The highest BCUT2D eigenvalue weighted by atomic mass is 35.5. The summed E-state index contributed by atoms with van der Waals surface area (Å²) in [6.45, 7) is 5.75. The first-order chi connectivity index (χ1) is 12.5. The van der Waals surface area contributed by atoms with Gasteiger partial charge in [-0.25, -0.2) is 0 Å². The number of halogens is 1. The monoisotopic (exact) mass is 394 g/mol. The fraction of sp³-hybridized carbons (Fsp3) is 0.526. The number of thiophene rings is 1. The molecule has 0 amide bonds. The Hall–Kier alpha value is -1.34. The minimum Gasteiger partial charge on any atom is -0.481 e. The van der Waals surface area contributed by atoms with Crippen LogP contribution in [0.5, 0.6) is 0 Å². The maximum atomic E-state index is 11.2. The van der Waals surface area contributed by atoms with Crippen LogP contribution in [0, 0.1) is 11.3 Å². The topological polar surface area (TPSA) is 56.9 Å². The van der Waals surface area contributed by atoms with Crippen LogP contribution in [0.25, 0.3) is 0 Å². The van der Waals surface area contributed by atoms with Gasteiger partial charge in [-0.3, -0.25) is 14.6 Å². The van der Waals surface area contributed by atoms with E-state index in [4.69, 9.17) is 16.0 Å². The number of likely N-dealkylation sites (tertiary alicyclic amines) is 2. The lowest BCUT2D eigenvalue weighted by atomic mass is 9.77. The van der Waals surface area contributed by atoms with Crippen LogP contribution in [0.2, 0.25) is 4.34 Å². The SMILES string of the molecule is O=C(O)CCC12CN(Cc3ccoc3)CC1CN(Cc1ccc(Cl)s1)C2. The van der Waals surface area contributed by atoms with Crippen molar-refractivity contribution in [2.45, 2.75) is 25.9 Å². The molecule has 4 heterocycles. The van der Waals surface area contributed by atoms with E-state index in [1.807, 2.05) is 12.1 Å². The van der Waals surface area contributed by atoms with Gasteiger partial charge < -0.3 is 9.52 Å². The fourth-order valence-electron chi connectivity index (χ4n) is 4.65. The average molecular weight is 395 g/mol. The minimum atomic E-state index is -0.699. The largest absolute Gasteiger partial charge is 0.481 e. The summed E-state index contributed by atoms with van der Waals surface area (Å²) in [5.74, 6) is -0.181. The molecule has 0 saturated carbocycles. The predicted molar refractivity (Wildman–Crippen MR) is 101 cm³/mol. The van der Waals surface area contributed by atoms with E-state index in [0.29, 0.717) is 5.92 Å². The molecule has 2 saturated heterocycles.